The highest BCUT2D eigenvalue weighted by Crippen LogP contribution is 2.29. The van der Waals surface area contributed by atoms with Gasteiger partial charge in [0.2, 0.25) is 5.13 Å². The fourth-order valence-electron chi connectivity index (χ4n) is 3.98. The van der Waals surface area contributed by atoms with Gasteiger partial charge in [0.05, 0.1) is 11.0 Å². The van der Waals surface area contributed by atoms with E-state index >= 15 is 0 Å². The first-order valence-electron chi connectivity index (χ1n) is 9.68. The van der Waals surface area contributed by atoms with Gasteiger partial charge in [0.25, 0.3) is 0 Å². The first-order valence-corrected chi connectivity index (χ1v) is 10.8. The van der Waals surface area contributed by atoms with Gasteiger partial charge in [-0.05, 0) is 42.7 Å². The van der Waals surface area contributed by atoms with Gasteiger partial charge in [-0.25, -0.2) is 9.78 Å². The van der Waals surface area contributed by atoms with Crippen LogP contribution in [-0.4, -0.2) is 32.0 Å². The first kappa shape index (κ1) is 18.4. The molecule has 0 saturated carbocycles. The van der Waals surface area contributed by atoms with E-state index in [9.17, 15) is 4.79 Å². The van der Waals surface area contributed by atoms with Gasteiger partial charge in [0.15, 0.2) is 0 Å². The lowest BCUT2D eigenvalue weighted by Crippen LogP contribution is -2.37. The van der Waals surface area contributed by atoms with Gasteiger partial charge >= 0.3 is 5.69 Å². The molecule has 3 heterocycles. The molecular weight excluding hydrogens is 406 g/mol. The second kappa shape index (κ2) is 7.65. The molecule has 8 heteroatoms. The molecule has 1 aliphatic rings. The third-order valence-electron chi connectivity index (χ3n) is 5.46. The van der Waals surface area contributed by atoms with Gasteiger partial charge in [0, 0.05) is 42.1 Å². The molecular formula is C21H20ClN5OS. The lowest BCUT2D eigenvalue weighted by Gasteiger charge is -2.32. The summed E-state index contributed by atoms with van der Waals surface area (Å²) in [5.41, 5.74) is 3.01. The lowest BCUT2D eigenvalue weighted by molar-refractivity contribution is 0.396. The number of fused-ring (bicyclic) bond motifs is 1. The van der Waals surface area contributed by atoms with Crippen molar-refractivity contribution in [2.45, 2.75) is 25.3 Å². The van der Waals surface area contributed by atoms with E-state index in [4.69, 9.17) is 16.6 Å². The Morgan fingerprint density at radius 2 is 1.86 bits per heavy atom. The van der Waals surface area contributed by atoms with Crippen molar-refractivity contribution < 1.29 is 0 Å². The number of benzene rings is 2. The Hall–Kier alpha value is -2.64. The number of nitrogens with one attached hydrogen (secondary N) is 1. The maximum absolute atomic E-state index is 12.5. The number of aromatic amines is 1. The molecule has 29 heavy (non-hydrogen) atoms. The fraction of sp³-hybridized carbons (Fsp3) is 0.286. The maximum atomic E-state index is 12.5. The summed E-state index contributed by atoms with van der Waals surface area (Å²) >= 11 is 7.40. The molecule has 0 aliphatic carbocycles. The average Bonchev–Trinajstić information content (AvgIpc) is 3.33. The summed E-state index contributed by atoms with van der Waals surface area (Å²) in [4.78, 5) is 22.4. The Morgan fingerprint density at radius 1 is 1.10 bits per heavy atom. The number of aromatic nitrogens is 4. The number of hydrogen-bond donors (Lipinski definition) is 1. The fourth-order valence-corrected chi connectivity index (χ4v) is 4.84. The van der Waals surface area contributed by atoms with E-state index in [0.717, 1.165) is 58.5 Å². The van der Waals surface area contributed by atoms with Gasteiger partial charge in [-0.15, -0.1) is 0 Å². The summed E-state index contributed by atoms with van der Waals surface area (Å²) < 4.78 is 6.44. The predicted octanol–water partition coefficient (Wildman–Crippen LogP) is 4.27. The Bertz CT molecular complexity index is 1190. The third-order valence-corrected chi connectivity index (χ3v) is 6.52. The van der Waals surface area contributed by atoms with Crippen LogP contribution >= 0.6 is 23.1 Å². The van der Waals surface area contributed by atoms with E-state index in [-0.39, 0.29) is 11.7 Å². The summed E-state index contributed by atoms with van der Waals surface area (Å²) in [5, 5.41) is 1.69. The van der Waals surface area contributed by atoms with Crippen molar-refractivity contribution in [1.29, 1.82) is 0 Å². The molecule has 4 aromatic rings. The third kappa shape index (κ3) is 3.68. The molecule has 2 aromatic carbocycles. The van der Waals surface area contributed by atoms with Crippen molar-refractivity contribution in [3.05, 3.63) is 75.4 Å². The summed E-state index contributed by atoms with van der Waals surface area (Å²) in [6.07, 6.45) is 2.52. The summed E-state index contributed by atoms with van der Waals surface area (Å²) in [6.45, 7) is 1.73. The molecule has 0 radical (unpaired) electrons. The molecule has 0 amide bonds. The number of piperidine rings is 1. The monoisotopic (exact) mass is 425 g/mol. The summed E-state index contributed by atoms with van der Waals surface area (Å²) in [7, 11) is 0. The minimum atomic E-state index is -0.0224. The molecule has 0 bridgehead atoms. The number of rotatable bonds is 4. The molecule has 1 N–H and O–H groups in total. The molecule has 1 aliphatic heterocycles. The zero-order valence-electron chi connectivity index (χ0n) is 15.7. The summed E-state index contributed by atoms with van der Waals surface area (Å²) in [5.74, 6) is 0.835. The number of H-pyrrole nitrogens is 1. The van der Waals surface area contributed by atoms with Crippen molar-refractivity contribution in [2.75, 3.05) is 18.0 Å². The van der Waals surface area contributed by atoms with E-state index in [1.54, 1.807) is 0 Å². The van der Waals surface area contributed by atoms with Gasteiger partial charge in [0.1, 0.15) is 5.82 Å². The minimum absolute atomic E-state index is 0.0224. The minimum Gasteiger partial charge on any atom is -0.347 e. The van der Waals surface area contributed by atoms with Gasteiger partial charge < -0.3 is 9.88 Å². The lowest BCUT2D eigenvalue weighted by atomic mass is 10.1. The zero-order chi connectivity index (χ0) is 19.8. The van der Waals surface area contributed by atoms with Crippen LogP contribution in [-0.2, 0) is 6.42 Å². The van der Waals surface area contributed by atoms with E-state index in [1.807, 2.05) is 53.1 Å². The Kier molecular flexibility index (Phi) is 4.85. The number of halogens is 1. The quantitative estimate of drug-likeness (QED) is 0.530. The van der Waals surface area contributed by atoms with Crippen molar-refractivity contribution in [2.24, 2.45) is 0 Å². The normalized spacial score (nSPS) is 15.3. The topological polar surface area (TPSA) is 66.8 Å². The molecule has 1 saturated heterocycles. The highest BCUT2D eigenvalue weighted by atomic mass is 35.5. The van der Waals surface area contributed by atoms with Gasteiger partial charge in [-0.1, -0.05) is 35.9 Å². The standard InChI is InChI=1S/C21H20ClN5OS/c22-15-7-5-14(6-8-15)13-19-24-21(29-25-19)26-11-9-16(10-12-26)27-18-4-2-1-3-17(18)23-20(27)28/h1-8,16H,9-13H2,(H,23,28). The van der Waals surface area contributed by atoms with Crippen LogP contribution in [0.1, 0.15) is 30.3 Å². The van der Waals surface area contributed by atoms with Crippen LogP contribution in [0.25, 0.3) is 11.0 Å². The second-order valence-electron chi connectivity index (χ2n) is 7.33. The molecule has 1 fully saturated rings. The first-order chi connectivity index (χ1) is 14.2. The van der Waals surface area contributed by atoms with E-state index in [0.29, 0.717) is 6.42 Å². The van der Waals surface area contributed by atoms with Crippen LogP contribution in [0, 0.1) is 0 Å². The molecule has 5 rings (SSSR count). The van der Waals surface area contributed by atoms with Crippen LogP contribution in [0.3, 0.4) is 0 Å². The highest BCUT2D eigenvalue weighted by Gasteiger charge is 2.25. The molecule has 0 spiro atoms. The molecule has 0 atom stereocenters. The van der Waals surface area contributed by atoms with Crippen molar-refractivity contribution in [1.82, 2.24) is 18.9 Å². The van der Waals surface area contributed by atoms with Gasteiger partial charge in [-0.2, -0.15) is 4.37 Å². The second-order valence-corrected chi connectivity index (χ2v) is 8.50. The van der Waals surface area contributed by atoms with Crippen molar-refractivity contribution in [3.8, 4) is 0 Å². The molecule has 148 valence electrons. The average molecular weight is 426 g/mol. The summed E-state index contributed by atoms with van der Waals surface area (Å²) in [6, 6.07) is 15.9. The van der Waals surface area contributed by atoms with Crippen LogP contribution in [0.2, 0.25) is 5.02 Å². The van der Waals surface area contributed by atoms with Crippen LogP contribution in [0.4, 0.5) is 5.13 Å². The smallest absolute Gasteiger partial charge is 0.326 e. The number of nitrogens with zero attached hydrogens (tertiary/aromatic N) is 4. The molecule has 0 unspecified atom stereocenters. The van der Waals surface area contributed by atoms with E-state index in [2.05, 4.69) is 14.3 Å². The number of anilines is 1. The largest absolute Gasteiger partial charge is 0.347 e. The number of hydrogen-bond acceptors (Lipinski definition) is 5. The predicted molar refractivity (Wildman–Crippen MR) is 117 cm³/mol. The van der Waals surface area contributed by atoms with Crippen molar-refractivity contribution >= 4 is 39.3 Å². The van der Waals surface area contributed by atoms with Gasteiger partial charge in [-0.3, -0.25) is 4.57 Å². The van der Waals surface area contributed by atoms with E-state index < -0.39 is 0 Å². The Morgan fingerprint density at radius 3 is 2.66 bits per heavy atom. The van der Waals surface area contributed by atoms with Crippen molar-refractivity contribution in [3.63, 3.8) is 0 Å². The van der Waals surface area contributed by atoms with Crippen LogP contribution in [0.5, 0.6) is 0 Å². The number of para-hydroxylation sites is 2. The Labute approximate surface area is 176 Å². The molecule has 2 aromatic heterocycles. The molecule has 6 nitrogen and oxygen atoms in total. The zero-order valence-corrected chi connectivity index (χ0v) is 17.3. The maximum Gasteiger partial charge on any atom is 0.326 e. The van der Waals surface area contributed by atoms with Crippen LogP contribution < -0.4 is 10.6 Å². The number of imidazole rings is 1. The highest BCUT2D eigenvalue weighted by molar-refractivity contribution is 7.09. The SMILES string of the molecule is O=c1[nH]c2ccccc2n1C1CCN(c2nc(Cc3ccc(Cl)cc3)ns2)CC1. The van der Waals surface area contributed by atoms with E-state index in [1.165, 1.54) is 11.5 Å². The van der Waals surface area contributed by atoms with Crippen LogP contribution in [0.15, 0.2) is 53.3 Å². The Balaban J connectivity index is 1.27.